The average Bonchev–Trinajstić information content (AvgIpc) is 2.55. The number of fused-ring (bicyclic) bond motifs is 2. The minimum absolute atomic E-state index is 0.493. The molecule has 1 heterocycles. The fourth-order valence-electron chi connectivity index (χ4n) is 3.26. The topological polar surface area (TPSA) is 24.9 Å². The van der Waals surface area contributed by atoms with Crippen molar-refractivity contribution in [2.75, 3.05) is 5.32 Å². The van der Waals surface area contributed by atoms with Gasteiger partial charge < -0.3 is 5.32 Å². The maximum atomic E-state index is 4.53. The fourth-order valence-corrected chi connectivity index (χ4v) is 3.26. The second kappa shape index (κ2) is 5.21. The number of benzene rings is 2. The van der Waals surface area contributed by atoms with Crippen molar-refractivity contribution in [1.82, 2.24) is 4.98 Å². The molecule has 0 spiro atoms. The first-order chi connectivity index (χ1) is 10.4. The Labute approximate surface area is 124 Å². The molecule has 0 fully saturated rings. The minimum atomic E-state index is 0.493. The Bertz CT molecular complexity index is 774. The number of rotatable bonds is 2. The van der Waals surface area contributed by atoms with Crippen LogP contribution in [-0.4, -0.2) is 11.0 Å². The zero-order valence-electron chi connectivity index (χ0n) is 11.9. The van der Waals surface area contributed by atoms with Gasteiger partial charge in [-0.2, -0.15) is 0 Å². The molecule has 1 N–H and O–H groups in total. The van der Waals surface area contributed by atoms with Crippen LogP contribution >= 0.6 is 0 Å². The molecule has 1 aliphatic carbocycles. The van der Waals surface area contributed by atoms with Crippen molar-refractivity contribution >= 4 is 16.6 Å². The molecule has 1 unspecified atom stereocenters. The minimum Gasteiger partial charge on any atom is -0.380 e. The third kappa shape index (κ3) is 2.38. The third-order valence-corrected chi connectivity index (χ3v) is 4.34. The normalized spacial score (nSPS) is 17.4. The van der Waals surface area contributed by atoms with Gasteiger partial charge in [0.2, 0.25) is 0 Å². The number of hydrogen-bond acceptors (Lipinski definition) is 2. The Hall–Kier alpha value is -2.35. The molecule has 2 heteroatoms. The van der Waals surface area contributed by atoms with E-state index in [9.17, 15) is 0 Å². The van der Waals surface area contributed by atoms with Gasteiger partial charge in [-0.05, 0) is 42.5 Å². The lowest BCUT2D eigenvalue weighted by molar-refractivity contribution is 0.611. The zero-order chi connectivity index (χ0) is 14.1. The summed E-state index contributed by atoms with van der Waals surface area (Å²) in [4.78, 5) is 4.53. The van der Waals surface area contributed by atoms with E-state index in [-0.39, 0.29) is 0 Å². The highest BCUT2D eigenvalue weighted by Crippen LogP contribution is 2.26. The van der Waals surface area contributed by atoms with E-state index in [0.29, 0.717) is 6.04 Å². The van der Waals surface area contributed by atoms with Gasteiger partial charge >= 0.3 is 0 Å². The van der Waals surface area contributed by atoms with Crippen molar-refractivity contribution in [2.24, 2.45) is 0 Å². The van der Waals surface area contributed by atoms with Crippen LogP contribution in [0.1, 0.15) is 17.5 Å². The molecular formula is C19H18N2. The van der Waals surface area contributed by atoms with Crippen molar-refractivity contribution in [3.63, 3.8) is 0 Å². The summed E-state index contributed by atoms with van der Waals surface area (Å²) in [5.41, 5.74) is 5.21. The van der Waals surface area contributed by atoms with Crippen LogP contribution in [0.3, 0.4) is 0 Å². The number of para-hydroxylation sites is 1. The van der Waals surface area contributed by atoms with Crippen LogP contribution in [0.25, 0.3) is 10.9 Å². The smallest absolute Gasteiger partial charge is 0.0933 e. The molecule has 0 radical (unpaired) electrons. The number of anilines is 1. The lowest BCUT2D eigenvalue weighted by Crippen LogP contribution is -2.27. The van der Waals surface area contributed by atoms with Crippen molar-refractivity contribution in [2.45, 2.75) is 25.3 Å². The van der Waals surface area contributed by atoms with Gasteiger partial charge in [0.15, 0.2) is 0 Å². The van der Waals surface area contributed by atoms with E-state index in [4.69, 9.17) is 0 Å². The van der Waals surface area contributed by atoms with E-state index in [0.717, 1.165) is 24.0 Å². The van der Waals surface area contributed by atoms with E-state index in [1.807, 2.05) is 12.3 Å². The highest BCUT2D eigenvalue weighted by atomic mass is 14.9. The molecule has 0 saturated carbocycles. The Morgan fingerprint density at radius 2 is 1.76 bits per heavy atom. The molecule has 2 nitrogen and oxygen atoms in total. The third-order valence-electron chi connectivity index (χ3n) is 4.34. The van der Waals surface area contributed by atoms with Crippen molar-refractivity contribution in [3.05, 3.63) is 71.9 Å². The van der Waals surface area contributed by atoms with E-state index in [1.54, 1.807) is 0 Å². The van der Waals surface area contributed by atoms with Crippen molar-refractivity contribution < 1.29 is 0 Å². The van der Waals surface area contributed by atoms with Gasteiger partial charge in [0.25, 0.3) is 0 Å². The number of hydrogen-bond donors (Lipinski definition) is 1. The lowest BCUT2D eigenvalue weighted by Gasteiger charge is -2.26. The van der Waals surface area contributed by atoms with Gasteiger partial charge in [0, 0.05) is 17.6 Å². The van der Waals surface area contributed by atoms with Crippen LogP contribution in [0.5, 0.6) is 0 Å². The first-order valence-corrected chi connectivity index (χ1v) is 7.57. The molecule has 0 bridgehead atoms. The van der Waals surface area contributed by atoms with Gasteiger partial charge in [0.05, 0.1) is 11.2 Å². The van der Waals surface area contributed by atoms with Crippen molar-refractivity contribution in [3.8, 4) is 0 Å². The number of pyridine rings is 1. The highest BCUT2D eigenvalue weighted by Gasteiger charge is 2.18. The lowest BCUT2D eigenvalue weighted by atomic mass is 9.88. The Morgan fingerprint density at radius 3 is 2.71 bits per heavy atom. The second-order valence-electron chi connectivity index (χ2n) is 5.73. The Morgan fingerprint density at radius 1 is 0.905 bits per heavy atom. The first-order valence-electron chi connectivity index (χ1n) is 7.57. The zero-order valence-corrected chi connectivity index (χ0v) is 11.9. The summed E-state index contributed by atoms with van der Waals surface area (Å²) in [6.45, 7) is 0. The summed E-state index contributed by atoms with van der Waals surface area (Å²) >= 11 is 0. The first kappa shape index (κ1) is 12.4. The fraction of sp³-hybridized carbons (Fsp3) is 0.211. The van der Waals surface area contributed by atoms with E-state index in [1.165, 1.54) is 22.9 Å². The summed E-state index contributed by atoms with van der Waals surface area (Å²) in [6.07, 6.45) is 5.30. The second-order valence-corrected chi connectivity index (χ2v) is 5.73. The van der Waals surface area contributed by atoms with E-state index < -0.39 is 0 Å². The molecule has 1 aliphatic rings. The SMILES string of the molecule is c1ccc2c(c1)CCC(Nc1cccc3cccnc13)C2. The van der Waals surface area contributed by atoms with Crippen LogP contribution in [-0.2, 0) is 12.8 Å². The largest absolute Gasteiger partial charge is 0.380 e. The maximum Gasteiger partial charge on any atom is 0.0933 e. The van der Waals surface area contributed by atoms with Gasteiger partial charge in [0.1, 0.15) is 0 Å². The summed E-state index contributed by atoms with van der Waals surface area (Å²) in [5.74, 6) is 0. The van der Waals surface area contributed by atoms with Crippen molar-refractivity contribution in [1.29, 1.82) is 0 Å². The molecule has 0 amide bonds. The monoisotopic (exact) mass is 274 g/mol. The standard InChI is InChI=1S/C19H18N2/c1-2-6-16-13-17(11-10-14(16)5-1)21-18-9-3-7-15-8-4-12-20-19(15)18/h1-9,12,17,21H,10-11,13H2. The van der Waals surface area contributed by atoms with Crippen LogP contribution in [0.15, 0.2) is 60.8 Å². The maximum absolute atomic E-state index is 4.53. The molecule has 21 heavy (non-hydrogen) atoms. The van der Waals surface area contributed by atoms with E-state index >= 15 is 0 Å². The van der Waals surface area contributed by atoms with Gasteiger partial charge in [-0.15, -0.1) is 0 Å². The van der Waals surface area contributed by atoms with Gasteiger partial charge in [-0.3, -0.25) is 4.98 Å². The van der Waals surface area contributed by atoms with Crippen LogP contribution in [0.2, 0.25) is 0 Å². The molecular weight excluding hydrogens is 256 g/mol. The molecule has 1 atom stereocenters. The summed E-state index contributed by atoms with van der Waals surface area (Å²) in [6, 6.07) is 19.7. The molecule has 0 aliphatic heterocycles. The van der Waals surface area contributed by atoms with E-state index in [2.05, 4.69) is 58.8 Å². The number of nitrogens with one attached hydrogen (secondary N) is 1. The Kier molecular flexibility index (Phi) is 3.07. The summed E-state index contributed by atoms with van der Waals surface area (Å²) < 4.78 is 0. The highest BCUT2D eigenvalue weighted by molar-refractivity contribution is 5.90. The molecule has 0 saturated heterocycles. The summed E-state index contributed by atoms with van der Waals surface area (Å²) in [7, 11) is 0. The molecule has 1 aromatic heterocycles. The Balaban J connectivity index is 1.62. The predicted octanol–water partition coefficient (Wildman–Crippen LogP) is 4.20. The number of aromatic nitrogens is 1. The summed E-state index contributed by atoms with van der Waals surface area (Å²) in [5, 5.41) is 4.90. The van der Waals surface area contributed by atoms with Crippen LogP contribution in [0.4, 0.5) is 5.69 Å². The molecule has 104 valence electrons. The van der Waals surface area contributed by atoms with Gasteiger partial charge in [-0.1, -0.05) is 42.5 Å². The number of aryl methyl sites for hydroxylation is 1. The predicted molar refractivity (Wildman–Crippen MR) is 87.6 cm³/mol. The molecule has 2 aromatic carbocycles. The number of nitrogens with zero attached hydrogens (tertiary/aromatic N) is 1. The van der Waals surface area contributed by atoms with Crippen LogP contribution in [0, 0.1) is 0 Å². The molecule has 3 aromatic rings. The average molecular weight is 274 g/mol. The van der Waals surface area contributed by atoms with Gasteiger partial charge in [-0.25, -0.2) is 0 Å². The quantitative estimate of drug-likeness (QED) is 0.757. The van der Waals surface area contributed by atoms with Crippen LogP contribution < -0.4 is 5.32 Å². The molecule has 4 rings (SSSR count).